The van der Waals surface area contributed by atoms with Crippen molar-refractivity contribution < 1.29 is 13.2 Å². The minimum Gasteiger partial charge on any atom is -0.292 e. The van der Waals surface area contributed by atoms with Crippen molar-refractivity contribution in [2.75, 3.05) is 0 Å². The molecule has 4 heteroatoms. The number of Topliss-reactive ketones (excluding diaryl/α,β-unsaturated/α-hetero) is 1. The van der Waals surface area contributed by atoms with Gasteiger partial charge in [0.25, 0.3) is 0 Å². The average Bonchev–Trinajstić information content (AvgIpc) is 3.32. The van der Waals surface area contributed by atoms with Crippen LogP contribution in [0.4, 0.5) is 0 Å². The molecule has 2 unspecified atom stereocenters. The molecule has 2 aromatic carbocycles. The molecule has 0 aliphatic heterocycles. The van der Waals surface area contributed by atoms with Crippen LogP contribution >= 0.6 is 0 Å². The lowest BCUT2D eigenvalue weighted by Crippen LogP contribution is -2.35. The number of rotatable bonds is 5. The maximum Gasteiger partial charge on any atom is 0.192 e. The third-order valence-corrected chi connectivity index (χ3v) is 6.71. The molecule has 1 aliphatic rings. The van der Waals surface area contributed by atoms with E-state index in [0.29, 0.717) is 12.0 Å². The number of sulfone groups is 1. The Labute approximate surface area is 130 Å². The first-order chi connectivity index (χ1) is 10.5. The fraction of sp³-hybridized carbons (Fsp3) is 0.167. The maximum atomic E-state index is 13.0. The summed E-state index contributed by atoms with van der Waals surface area (Å²) < 4.78 is 24.7. The van der Waals surface area contributed by atoms with Gasteiger partial charge in [-0.1, -0.05) is 54.6 Å². The van der Waals surface area contributed by atoms with Gasteiger partial charge in [-0.05, 0) is 18.6 Å². The number of hydrogen-bond donors (Lipinski definition) is 0. The summed E-state index contributed by atoms with van der Waals surface area (Å²) in [4.78, 5) is 13.1. The zero-order valence-electron chi connectivity index (χ0n) is 12.0. The van der Waals surface area contributed by atoms with Crippen LogP contribution in [-0.2, 0) is 9.84 Å². The first-order valence-electron chi connectivity index (χ1n) is 7.06. The van der Waals surface area contributed by atoms with E-state index in [1.165, 1.54) is 12.1 Å². The van der Waals surface area contributed by atoms with Crippen LogP contribution in [0.3, 0.4) is 0 Å². The van der Waals surface area contributed by atoms with Crippen molar-refractivity contribution in [2.45, 2.75) is 16.1 Å². The lowest BCUT2D eigenvalue weighted by atomic mass is 10.1. The summed E-state index contributed by atoms with van der Waals surface area (Å²) in [6, 6.07) is 16.7. The van der Waals surface area contributed by atoms with E-state index in [1.807, 2.05) is 0 Å². The van der Waals surface area contributed by atoms with E-state index in [-0.39, 0.29) is 16.6 Å². The number of hydrogen-bond acceptors (Lipinski definition) is 3. The molecule has 3 nitrogen and oxygen atoms in total. The van der Waals surface area contributed by atoms with Gasteiger partial charge in [0.05, 0.1) is 4.90 Å². The maximum absolute atomic E-state index is 13.0. The van der Waals surface area contributed by atoms with Gasteiger partial charge in [-0.25, -0.2) is 8.42 Å². The van der Waals surface area contributed by atoms with Crippen molar-refractivity contribution >= 4 is 15.6 Å². The Balaban J connectivity index is 2.12. The summed E-state index contributed by atoms with van der Waals surface area (Å²) in [5, 5.41) is 0. The van der Waals surface area contributed by atoms with Crippen LogP contribution in [0.5, 0.6) is 0 Å². The normalized spacial score (nSPS) is 23.7. The number of carbonyl (C=O) groups excluding carboxylic acids is 1. The van der Waals surface area contributed by atoms with E-state index in [4.69, 9.17) is 0 Å². The molecule has 1 saturated carbocycles. The van der Waals surface area contributed by atoms with Crippen LogP contribution in [0.25, 0.3) is 0 Å². The van der Waals surface area contributed by atoms with Crippen LogP contribution in [0.1, 0.15) is 16.8 Å². The van der Waals surface area contributed by atoms with Crippen molar-refractivity contribution in [2.24, 2.45) is 5.92 Å². The average molecular weight is 312 g/mol. The van der Waals surface area contributed by atoms with E-state index >= 15 is 0 Å². The third kappa shape index (κ3) is 2.03. The van der Waals surface area contributed by atoms with Crippen molar-refractivity contribution in [3.05, 3.63) is 78.9 Å². The van der Waals surface area contributed by atoms with E-state index in [2.05, 4.69) is 6.58 Å². The van der Waals surface area contributed by atoms with Crippen molar-refractivity contribution in [3.63, 3.8) is 0 Å². The molecule has 2 atom stereocenters. The smallest absolute Gasteiger partial charge is 0.192 e. The number of carbonyl (C=O) groups is 1. The molecule has 0 N–H and O–H groups in total. The van der Waals surface area contributed by atoms with E-state index in [9.17, 15) is 13.2 Å². The van der Waals surface area contributed by atoms with Gasteiger partial charge in [-0.15, -0.1) is 6.58 Å². The third-order valence-electron chi connectivity index (χ3n) is 4.20. The molecule has 0 saturated heterocycles. The second kappa shape index (κ2) is 5.21. The zero-order chi connectivity index (χ0) is 15.8. The topological polar surface area (TPSA) is 51.2 Å². The van der Waals surface area contributed by atoms with E-state index in [0.717, 1.165) is 0 Å². The van der Waals surface area contributed by atoms with Crippen LogP contribution in [0, 0.1) is 5.92 Å². The standard InChI is InChI=1S/C18H16O3S/c1-2-15-13-18(15,17(19)14-9-5-3-6-10-14)22(20,21)16-11-7-4-8-12-16/h2-12,15H,1,13H2. The van der Waals surface area contributed by atoms with Crippen LogP contribution in [0.2, 0.25) is 0 Å². The largest absolute Gasteiger partial charge is 0.292 e. The van der Waals surface area contributed by atoms with Gasteiger partial charge in [0.15, 0.2) is 15.6 Å². The SMILES string of the molecule is C=CC1CC1(C(=O)c1ccccc1)S(=O)(=O)c1ccccc1. The molecule has 1 aliphatic carbocycles. The predicted molar refractivity (Wildman–Crippen MR) is 85.4 cm³/mol. The molecule has 0 aromatic heterocycles. The lowest BCUT2D eigenvalue weighted by molar-refractivity contribution is 0.0974. The Hall–Kier alpha value is -2.20. The quantitative estimate of drug-likeness (QED) is 0.629. The highest BCUT2D eigenvalue weighted by Crippen LogP contribution is 2.55. The highest BCUT2D eigenvalue weighted by molar-refractivity contribution is 7.94. The molecule has 22 heavy (non-hydrogen) atoms. The van der Waals surface area contributed by atoms with Gasteiger partial charge in [-0.2, -0.15) is 0 Å². The monoisotopic (exact) mass is 312 g/mol. The van der Waals surface area contributed by atoms with Gasteiger partial charge in [0.2, 0.25) is 0 Å². The summed E-state index contributed by atoms with van der Waals surface area (Å²) in [6.45, 7) is 3.68. The fourth-order valence-corrected chi connectivity index (χ4v) is 5.07. The predicted octanol–water partition coefficient (Wildman–Crippen LogP) is 3.29. The Morgan fingerprint density at radius 3 is 2.09 bits per heavy atom. The number of ketones is 1. The fourth-order valence-electron chi connectivity index (χ4n) is 2.88. The first-order valence-corrected chi connectivity index (χ1v) is 8.54. The summed E-state index contributed by atoms with van der Waals surface area (Å²) in [6.07, 6.45) is 1.86. The molecule has 0 spiro atoms. The molecule has 0 bridgehead atoms. The lowest BCUT2D eigenvalue weighted by Gasteiger charge is -2.17. The molecule has 2 aromatic rings. The molecule has 0 radical (unpaired) electrons. The van der Waals surface area contributed by atoms with Crippen molar-refractivity contribution in [1.29, 1.82) is 0 Å². The van der Waals surface area contributed by atoms with Crippen molar-refractivity contribution in [3.8, 4) is 0 Å². The van der Waals surface area contributed by atoms with Crippen LogP contribution in [0.15, 0.2) is 78.2 Å². The van der Waals surface area contributed by atoms with Crippen molar-refractivity contribution in [1.82, 2.24) is 0 Å². The number of benzene rings is 2. The van der Waals surface area contributed by atoms with Crippen LogP contribution < -0.4 is 0 Å². The van der Waals surface area contributed by atoms with Gasteiger partial charge >= 0.3 is 0 Å². The van der Waals surface area contributed by atoms with Gasteiger partial charge in [0, 0.05) is 11.5 Å². The molecule has 112 valence electrons. The second-order valence-electron chi connectivity index (χ2n) is 5.45. The highest BCUT2D eigenvalue weighted by atomic mass is 32.2. The van der Waals surface area contributed by atoms with E-state index < -0.39 is 14.6 Å². The molecule has 0 amide bonds. The second-order valence-corrected chi connectivity index (χ2v) is 7.65. The van der Waals surface area contributed by atoms with E-state index in [1.54, 1.807) is 54.6 Å². The molecular weight excluding hydrogens is 296 g/mol. The highest BCUT2D eigenvalue weighted by Gasteiger charge is 2.67. The Morgan fingerprint density at radius 2 is 1.59 bits per heavy atom. The minimum atomic E-state index is -3.76. The zero-order valence-corrected chi connectivity index (χ0v) is 12.8. The van der Waals surface area contributed by atoms with Gasteiger partial charge < -0.3 is 0 Å². The minimum absolute atomic E-state index is 0.184. The molecule has 1 fully saturated rings. The Morgan fingerprint density at radius 1 is 1.05 bits per heavy atom. The first kappa shape index (κ1) is 14.7. The Bertz CT molecular complexity index is 810. The Kier molecular flexibility index (Phi) is 3.49. The summed E-state index contributed by atoms with van der Waals surface area (Å²) in [5.41, 5.74) is 0.423. The van der Waals surface area contributed by atoms with Crippen LogP contribution in [-0.4, -0.2) is 18.9 Å². The molecule has 3 rings (SSSR count). The summed E-state index contributed by atoms with van der Waals surface area (Å²) >= 11 is 0. The van der Waals surface area contributed by atoms with Gasteiger partial charge in [-0.3, -0.25) is 4.79 Å². The molecule has 0 heterocycles. The van der Waals surface area contributed by atoms with Gasteiger partial charge in [0.1, 0.15) is 4.75 Å². The molecular formula is C18H16O3S. The summed E-state index contributed by atoms with van der Waals surface area (Å²) in [5.74, 6) is -0.688. The number of allylic oxidation sites excluding steroid dienone is 1. The summed E-state index contributed by atoms with van der Waals surface area (Å²) in [7, 11) is -3.76.